The Morgan fingerprint density at radius 1 is 1.09 bits per heavy atom. The van der Waals surface area contributed by atoms with E-state index >= 15 is 0 Å². The molecule has 0 saturated heterocycles. The molecule has 0 atom stereocenters. The second-order valence-electron chi connectivity index (χ2n) is 4.52. The Balaban J connectivity index is 1.98. The number of nitrogens with one attached hydrogen (secondary N) is 1. The molecule has 0 aliphatic heterocycles. The van der Waals surface area contributed by atoms with Gasteiger partial charge in [-0.25, -0.2) is 8.78 Å². The maximum Gasteiger partial charge on any atom is 0.262 e. The lowest BCUT2D eigenvalue weighted by Crippen LogP contribution is -2.20. The van der Waals surface area contributed by atoms with Gasteiger partial charge in [-0.3, -0.25) is 9.59 Å². The molecular weight excluding hydrogens is 292 g/mol. The predicted molar refractivity (Wildman–Crippen MR) is 76.9 cm³/mol. The van der Waals surface area contributed by atoms with Crippen LogP contribution < -0.4 is 10.1 Å². The van der Waals surface area contributed by atoms with Crippen molar-refractivity contribution in [2.45, 2.75) is 6.92 Å². The number of ether oxygens (including phenoxy) is 1. The van der Waals surface area contributed by atoms with Crippen molar-refractivity contribution in [1.29, 1.82) is 0 Å². The molecule has 0 aliphatic rings. The van der Waals surface area contributed by atoms with Crippen molar-refractivity contribution in [3.63, 3.8) is 0 Å². The van der Waals surface area contributed by atoms with Gasteiger partial charge in [-0.15, -0.1) is 0 Å². The lowest BCUT2D eigenvalue weighted by atomic mass is 10.1. The summed E-state index contributed by atoms with van der Waals surface area (Å²) in [5.41, 5.74) is 0.482. The van der Waals surface area contributed by atoms with Gasteiger partial charge in [0.25, 0.3) is 5.91 Å². The lowest BCUT2D eigenvalue weighted by Gasteiger charge is -2.10. The van der Waals surface area contributed by atoms with Crippen molar-refractivity contribution in [1.82, 2.24) is 0 Å². The van der Waals surface area contributed by atoms with E-state index in [1.165, 1.54) is 13.0 Å². The van der Waals surface area contributed by atoms with Gasteiger partial charge in [0.05, 0.1) is 5.56 Å². The number of hydrogen-bond acceptors (Lipinski definition) is 3. The summed E-state index contributed by atoms with van der Waals surface area (Å²) in [5.74, 6) is -2.50. The highest BCUT2D eigenvalue weighted by atomic mass is 19.2. The Morgan fingerprint density at radius 2 is 1.82 bits per heavy atom. The first-order valence-corrected chi connectivity index (χ1v) is 6.45. The fourth-order valence-corrected chi connectivity index (χ4v) is 1.80. The molecule has 4 nitrogen and oxygen atoms in total. The molecule has 22 heavy (non-hydrogen) atoms. The van der Waals surface area contributed by atoms with Crippen molar-refractivity contribution < 1.29 is 23.1 Å². The molecule has 2 aromatic rings. The van der Waals surface area contributed by atoms with Crippen LogP contribution in [-0.2, 0) is 4.79 Å². The summed E-state index contributed by atoms with van der Waals surface area (Å²) >= 11 is 0. The number of hydrogen-bond donors (Lipinski definition) is 1. The number of ketones is 1. The number of carbonyl (C=O) groups is 2. The zero-order chi connectivity index (χ0) is 16.1. The molecule has 114 valence electrons. The Morgan fingerprint density at radius 3 is 2.50 bits per heavy atom. The van der Waals surface area contributed by atoms with E-state index in [0.29, 0.717) is 5.56 Å². The molecular formula is C16H13F2NO3. The zero-order valence-corrected chi connectivity index (χ0v) is 11.7. The lowest BCUT2D eigenvalue weighted by molar-refractivity contribution is -0.118. The summed E-state index contributed by atoms with van der Waals surface area (Å²) < 4.78 is 31.1. The summed E-state index contributed by atoms with van der Waals surface area (Å²) in [6.45, 7) is 1.03. The number of halogens is 2. The molecule has 0 radical (unpaired) electrons. The second-order valence-corrected chi connectivity index (χ2v) is 4.52. The Kier molecular flexibility index (Phi) is 4.83. The molecule has 1 N–H and O–H groups in total. The largest absolute Gasteiger partial charge is 0.483 e. The van der Waals surface area contributed by atoms with Gasteiger partial charge in [-0.05, 0) is 31.2 Å². The smallest absolute Gasteiger partial charge is 0.262 e. The highest BCUT2D eigenvalue weighted by Gasteiger charge is 2.10. The van der Waals surface area contributed by atoms with Crippen molar-refractivity contribution in [3.05, 3.63) is 59.7 Å². The van der Waals surface area contributed by atoms with E-state index < -0.39 is 17.5 Å². The van der Waals surface area contributed by atoms with Gasteiger partial charge in [-0.2, -0.15) is 0 Å². The number of benzene rings is 2. The van der Waals surface area contributed by atoms with Gasteiger partial charge in [-0.1, -0.05) is 12.1 Å². The summed E-state index contributed by atoms with van der Waals surface area (Å²) in [5, 5.41) is 2.37. The van der Waals surface area contributed by atoms with E-state index in [-0.39, 0.29) is 23.8 Å². The molecule has 0 fully saturated rings. The number of carbonyl (C=O) groups excluding carboxylic acids is 2. The van der Waals surface area contributed by atoms with Crippen LogP contribution in [0.25, 0.3) is 0 Å². The van der Waals surface area contributed by atoms with Gasteiger partial charge in [0.2, 0.25) is 0 Å². The number of Topliss-reactive ketones (excluding diaryl/α,β-unsaturated/α-hetero) is 1. The molecule has 0 bridgehead atoms. The Hall–Kier alpha value is -2.76. The second kappa shape index (κ2) is 6.80. The average Bonchev–Trinajstić information content (AvgIpc) is 2.49. The van der Waals surface area contributed by atoms with Crippen LogP contribution in [-0.4, -0.2) is 18.3 Å². The number of para-hydroxylation sites is 1. The molecule has 0 aromatic heterocycles. The van der Waals surface area contributed by atoms with Crippen molar-refractivity contribution >= 4 is 17.4 Å². The first-order valence-electron chi connectivity index (χ1n) is 6.45. The maximum atomic E-state index is 13.0. The molecule has 0 aliphatic carbocycles. The minimum absolute atomic E-state index is 0.118. The van der Waals surface area contributed by atoms with Crippen LogP contribution in [0.2, 0.25) is 0 Å². The summed E-state index contributed by atoms with van der Waals surface area (Å²) in [7, 11) is 0. The van der Waals surface area contributed by atoms with Gasteiger partial charge in [0.1, 0.15) is 5.75 Å². The van der Waals surface area contributed by atoms with Gasteiger partial charge < -0.3 is 10.1 Å². The van der Waals surface area contributed by atoms with Crippen molar-refractivity contribution in [3.8, 4) is 5.75 Å². The van der Waals surface area contributed by atoms with E-state index in [9.17, 15) is 18.4 Å². The summed E-state index contributed by atoms with van der Waals surface area (Å²) in [4.78, 5) is 23.1. The Bertz CT molecular complexity index is 716. The maximum absolute atomic E-state index is 13.0. The normalized spacial score (nSPS) is 10.1. The third kappa shape index (κ3) is 3.88. The fourth-order valence-electron chi connectivity index (χ4n) is 1.80. The van der Waals surface area contributed by atoms with E-state index in [0.717, 1.165) is 12.1 Å². The number of rotatable bonds is 5. The SMILES string of the molecule is CC(=O)c1ccccc1OCC(=O)Nc1ccc(F)c(F)c1. The minimum atomic E-state index is -1.05. The third-order valence-corrected chi connectivity index (χ3v) is 2.83. The molecule has 0 spiro atoms. The molecule has 6 heteroatoms. The first-order chi connectivity index (χ1) is 10.5. The van der Waals surface area contributed by atoms with Gasteiger partial charge in [0.15, 0.2) is 24.0 Å². The molecule has 1 amide bonds. The predicted octanol–water partition coefficient (Wildman–Crippen LogP) is 3.18. The van der Waals surface area contributed by atoms with Crippen molar-refractivity contribution in [2.75, 3.05) is 11.9 Å². The summed E-state index contributed by atoms with van der Waals surface area (Å²) in [6.07, 6.45) is 0. The molecule has 0 unspecified atom stereocenters. The molecule has 0 saturated carbocycles. The topological polar surface area (TPSA) is 55.4 Å². The zero-order valence-electron chi connectivity index (χ0n) is 11.7. The van der Waals surface area contributed by atoms with E-state index in [1.807, 2.05) is 0 Å². The standard InChI is InChI=1S/C16H13F2NO3/c1-10(20)12-4-2-3-5-15(12)22-9-16(21)19-11-6-7-13(17)14(18)8-11/h2-8H,9H2,1H3,(H,19,21). The number of anilines is 1. The minimum Gasteiger partial charge on any atom is -0.483 e. The Labute approximate surface area is 125 Å². The van der Waals surface area contributed by atoms with Crippen LogP contribution in [0.5, 0.6) is 5.75 Å². The van der Waals surface area contributed by atoms with Crippen LogP contribution in [0.15, 0.2) is 42.5 Å². The van der Waals surface area contributed by atoms with Crippen LogP contribution in [0, 0.1) is 11.6 Å². The van der Waals surface area contributed by atoms with Crippen LogP contribution in [0.4, 0.5) is 14.5 Å². The van der Waals surface area contributed by atoms with Crippen LogP contribution in [0.1, 0.15) is 17.3 Å². The number of amides is 1. The molecule has 0 heterocycles. The van der Waals surface area contributed by atoms with E-state index in [4.69, 9.17) is 4.74 Å². The van der Waals surface area contributed by atoms with E-state index in [1.54, 1.807) is 24.3 Å². The molecule has 2 aromatic carbocycles. The quantitative estimate of drug-likeness (QED) is 0.863. The van der Waals surface area contributed by atoms with E-state index in [2.05, 4.69) is 5.32 Å². The van der Waals surface area contributed by atoms with Crippen molar-refractivity contribution in [2.24, 2.45) is 0 Å². The molecule has 2 rings (SSSR count). The van der Waals surface area contributed by atoms with Gasteiger partial charge >= 0.3 is 0 Å². The monoisotopic (exact) mass is 305 g/mol. The highest BCUT2D eigenvalue weighted by Crippen LogP contribution is 2.18. The highest BCUT2D eigenvalue weighted by molar-refractivity contribution is 5.97. The van der Waals surface area contributed by atoms with Crippen LogP contribution >= 0.6 is 0 Å². The first kappa shape index (κ1) is 15.6. The fraction of sp³-hybridized carbons (Fsp3) is 0.125. The summed E-state index contributed by atoms with van der Waals surface area (Å²) in [6, 6.07) is 9.54. The van der Waals surface area contributed by atoms with Crippen LogP contribution in [0.3, 0.4) is 0 Å². The average molecular weight is 305 g/mol. The van der Waals surface area contributed by atoms with Gasteiger partial charge in [0, 0.05) is 11.8 Å². The third-order valence-electron chi connectivity index (χ3n) is 2.83.